The Balaban J connectivity index is 1.70. The molecular weight excluding hydrogens is 346 g/mol. The number of nitrogen functional groups attached to an aromatic ring is 1. The highest BCUT2D eigenvalue weighted by Gasteiger charge is 2.20. The molecule has 1 amide bonds. The molecule has 0 unspecified atom stereocenters. The van der Waals surface area contributed by atoms with E-state index in [9.17, 15) is 4.79 Å². The minimum atomic E-state index is -0.286. The number of pyridine rings is 1. The van der Waals surface area contributed by atoms with Gasteiger partial charge in [-0.3, -0.25) is 10.1 Å². The fourth-order valence-electron chi connectivity index (χ4n) is 3.45. The van der Waals surface area contributed by atoms with Crippen molar-refractivity contribution < 1.29 is 4.79 Å². The summed E-state index contributed by atoms with van der Waals surface area (Å²) >= 11 is 1.34. The van der Waals surface area contributed by atoms with Crippen LogP contribution in [-0.4, -0.2) is 20.9 Å². The number of thiophene rings is 1. The summed E-state index contributed by atoms with van der Waals surface area (Å²) in [5.74, 6) is 0.0128. The van der Waals surface area contributed by atoms with Crippen LogP contribution in [-0.2, 0) is 12.8 Å². The molecule has 3 N–H and O–H groups in total. The molecule has 0 fully saturated rings. The molecule has 0 atom stereocenters. The second-order valence-electron chi connectivity index (χ2n) is 6.78. The van der Waals surface area contributed by atoms with Crippen molar-refractivity contribution in [2.75, 3.05) is 11.1 Å². The summed E-state index contributed by atoms with van der Waals surface area (Å²) in [6.07, 6.45) is 5.63. The topological polar surface area (TPSA) is 93.8 Å². The van der Waals surface area contributed by atoms with Crippen LogP contribution in [0.15, 0.2) is 12.1 Å². The molecule has 1 aliphatic carbocycles. The molecule has 0 spiro atoms. The van der Waals surface area contributed by atoms with Gasteiger partial charge in [-0.1, -0.05) is 6.42 Å². The van der Waals surface area contributed by atoms with E-state index in [4.69, 9.17) is 10.7 Å². The molecular formula is C19H21N5OS. The van der Waals surface area contributed by atoms with Crippen molar-refractivity contribution >= 4 is 39.1 Å². The monoisotopic (exact) mass is 367 g/mol. The number of anilines is 2. The predicted molar refractivity (Wildman–Crippen MR) is 105 cm³/mol. The van der Waals surface area contributed by atoms with E-state index < -0.39 is 0 Å². The summed E-state index contributed by atoms with van der Waals surface area (Å²) in [5, 5.41) is 3.64. The fraction of sp³-hybridized carbons (Fsp3) is 0.368. The van der Waals surface area contributed by atoms with E-state index in [1.54, 1.807) is 0 Å². The van der Waals surface area contributed by atoms with Crippen molar-refractivity contribution in [2.24, 2.45) is 0 Å². The molecule has 0 bridgehead atoms. The minimum Gasteiger partial charge on any atom is -0.397 e. The zero-order valence-corrected chi connectivity index (χ0v) is 15.7. The minimum absolute atomic E-state index is 0.286. The Hall–Kier alpha value is -2.54. The lowest BCUT2D eigenvalue weighted by Gasteiger charge is -2.05. The lowest BCUT2D eigenvalue weighted by atomic mass is 10.1. The number of amides is 1. The van der Waals surface area contributed by atoms with E-state index in [-0.39, 0.29) is 5.91 Å². The SMILES string of the molecule is Cc1cc(C)nc(NC(=O)c2sc3nc4c(cc3c2N)CCCCC4)n1. The third kappa shape index (κ3) is 3.14. The Morgan fingerprint density at radius 1 is 1.08 bits per heavy atom. The van der Waals surface area contributed by atoms with E-state index in [0.717, 1.165) is 40.1 Å². The molecule has 6 nitrogen and oxygen atoms in total. The first kappa shape index (κ1) is 16.9. The lowest BCUT2D eigenvalue weighted by Crippen LogP contribution is -2.15. The first-order valence-electron chi connectivity index (χ1n) is 8.85. The number of nitrogens with two attached hydrogens (primary N) is 1. The van der Waals surface area contributed by atoms with Gasteiger partial charge >= 0.3 is 0 Å². The van der Waals surface area contributed by atoms with Crippen LogP contribution < -0.4 is 11.1 Å². The first-order chi connectivity index (χ1) is 12.5. The summed E-state index contributed by atoms with van der Waals surface area (Å²) in [5.41, 5.74) is 10.8. The maximum absolute atomic E-state index is 12.7. The summed E-state index contributed by atoms with van der Waals surface area (Å²) in [7, 11) is 0. The molecule has 7 heteroatoms. The number of carbonyl (C=O) groups excluding carboxylic acids is 1. The number of nitrogens with zero attached hydrogens (tertiary/aromatic N) is 3. The van der Waals surface area contributed by atoms with Crippen LogP contribution in [0.4, 0.5) is 11.6 Å². The Bertz CT molecular complexity index is 991. The highest BCUT2D eigenvalue weighted by molar-refractivity contribution is 7.21. The maximum atomic E-state index is 12.7. The van der Waals surface area contributed by atoms with Gasteiger partial charge < -0.3 is 5.73 Å². The van der Waals surface area contributed by atoms with Crippen LogP contribution in [0.2, 0.25) is 0 Å². The Labute approximate surface area is 155 Å². The van der Waals surface area contributed by atoms with Crippen LogP contribution >= 0.6 is 11.3 Å². The molecule has 4 rings (SSSR count). The smallest absolute Gasteiger partial charge is 0.270 e. The summed E-state index contributed by atoms with van der Waals surface area (Å²) in [6.45, 7) is 3.74. The van der Waals surface area contributed by atoms with Gasteiger partial charge in [0, 0.05) is 22.5 Å². The summed E-state index contributed by atoms with van der Waals surface area (Å²) in [4.78, 5) is 27.3. The van der Waals surface area contributed by atoms with Gasteiger partial charge in [0.1, 0.15) is 9.71 Å². The fourth-order valence-corrected chi connectivity index (χ4v) is 4.44. The quantitative estimate of drug-likeness (QED) is 0.672. The van der Waals surface area contributed by atoms with Gasteiger partial charge in [0.25, 0.3) is 5.91 Å². The van der Waals surface area contributed by atoms with E-state index in [1.807, 2.05) is 19.9 Å². The van der Waals surface area contributed by atoms with Crippen LogP contribution in [0.1, 0.15) is 51.6 Å². The molecule has 1 aliphatic rings. The van der Waals surface area contributed by atoms with E-state index in [2.05, 4.69) is 21.4 Å². The van der Waals surface area contributed by atoms with Gasteiger partial charge in [-0.25, -0.2) is 15.0 Å². The average Bonchev–Trinajstić information content (AvgIpc) is 2.76. The van der Waals surface area contributed by atoms with Gasteiger partial charge in [0.05, 0.1) is 5.69 Å². The van der Waals surface area contributed by atoms with E-state index >= 15 is 0 Å². The standard InChI is InChI=1S/C19H21N5OS/c1-10-8-11(2)22-19(21-10)24-17(25)16-15(20)13-9-12-6-4-3-5-7-14(12)23-18(13)26-16/h8-9H,3-7,20H2,1-2H3,(H,21,22,24,25). The highest BCUT2D eigenvalue weighted by atomic mass is 32.1. The Morgan fingerprint density at radius 2 is 1.81 bits per heavy atom. The van der Waals surface area contributed by atoms with Crippen LogP contribution in [0.25, 0.3) is 10.2 Å². The van der Waals surface area contributed by atoms with Gasteiger partial charge in [0.15, 0.2) is 0 Å². The first-order valence-corrected chi connectivity index (χ1v) is 9.67. The van der Waals surface area contributed by atoms with E-state index in [0.29, 0.717) is 16.5 Å². The third-order valence-corrected chi connectivity index (χ3v) is 5.78. The number of aromatic nitrogens is 3. The molecule has 0 radical (unpaired) electrons. The second-order valence-corrected chi connectivity index (χ2v) is 7.78. The summed E-state index contributed by atoms with van der Waals surface area (Å²) < 4.78 is 0. The van der Waals surface area contributed by atoms with Crippen molar-refractivity contribution in [3.05, 3.63) is 39.7 Å². The normalized spacial score (nSPS) is 14.1. The number of carbonyl (C=O) groups is 1. The number of aryl methyl sites for hydroxylation is 4. The molecule has 0 saturated heterocycles. The van der Waals surface area contributed by atoms with Gasteiger partial charge in [-0.05, 0) is 57.2 Å². The Morgan fingerprint density at radius 3 is 2.58 bits per heavy atom. The zero-order chi connectivity index (χ0) is 18.3. The van der Waals surface area contributed by atoms with Crippen molar-refractivity contribution in [3.63, 3.8) is 0 Å². The largest absolute Gasteiger partial charge is 0.397 e. The molecule has 26 heavy (non-hydrogen) atoms. The molecule has 3 heterocycles. The molecule has 0 aliphatic heterocycles. The molecule has 0 saturated carbocycles. The van der Waals surface area contributed by atoms with E-state index in [1.165, 1.54) is 36.2 Å². The Kier molecular flexibility index (Phi) is 4.32. The third-order valence-electron chi connectivity index (χ3n) is 4.66. The zero-order valence-electron chi connectivity index (χ0n) is 14.9. The lowest BCUT2D eigenvalue weighted by molar-refractivity contribution is 0.103. The molecule has 3 aromatic heterocycles. The van der Waals surface area contributed by atoms with Gasteiger partial charge in [0.2, 0.25) is 5.95 Å². The van der Waals surface area contributed by atoms with Crippen LogP contribution in [0.3, 0.4) is 0 Å². The van der Waals surface area contributed by atoms with Gasteiger partial charge in [-0.15, -0.1) is 11.3 Å². The predicted octanol–water partition coefficient (Wildman–Crippen LogP) is 3.81. The number of rotatable bonds is 2. The van der Waals surface area contributed by atoms with Crippen LogP contribution in [0, 0.1) is 13.8 Å². The molecule has 134 valence electrons. The highest BCUT2D eigenvalue weighted by Crippen LogP contribution is 2.35. The average molecular weight is 367 g/mol. The number of nitrogens with one attached hydrogen (secondary N) is 1. The van der Waals surface area contributed by atoms with Crippen molar-refractivity contribution in [1.29, 1.82) is 0 Å². The number of hydrogen-bond acceptors (Lipinski definition) is 6. The van der Waals surface area contributed by atoms with Crippen molar-refractivity contribution in [1.82, 2.24) is 15.0 Å². The maximum Gasteiger partial charge on any atom is 0.270 e. The van der Waals surface area contributed by atoms with Crippen molar-refractivity contribution in [2.45, 2.75) is 46.0 Å². The van der Waals surface area contributed by atoms with Gasteiger partial charge in [-0.2, -0.15) is 0 Å². The van der Waals surface area contributed by atoms with Crippen molar-refractivity contribution in [3.8, 4) is 0 Å². The van der Waals surface area contributed by atoms with Crippen LogP contribution in [0.5, 0.6) is 0 Å². The summed E-state index contributed by atoms with van der Waals surface area (Å²) in [6, 6.07) is 3.99. The number of hydrogen-bond donors (Lipinski definition) is 2. The molecule has 3 aromatic rings. The number of fused-ring (bicyclic) bond motifs is 2. The second kappa shape index (κ2) is 6.64. The molecule has 0 aromatic carbocycles.